The number of benzene rings is 3. The number of primary amides is 1. The Hall–Kier alpha value is -4.53. The van der Waals surface area contributed by atoms with E-state index in [1.54, 1.807) is 18.2 Å². The van der Waals surface area contributed by atoms with Crippen molar-refractivity contribution in [3.05, 3.63) is 83.4 Å². The average Bonchev–Trinajstić information content (AvgIpc) is 3.47. The summed E-state index contributed by atoms with van der Waals surface area (Å²) in [5, 5.41) is 12.4. The van der Waals surface area contributed by atoms with Crippen LogP contribution >= 0.6 is 0 Å². The van der Waals surface area contributed by atoms with Crippen LogP contribution in [0.25, 0.3) is 11.1 Å². The van der Waals surface area contributed by atoms with Crippen molar-refractivity contribution < 1.29 is 33.7 Å². The molecule has 4 N–H and O–H groups in total. The molecule has 190 valence electrons. The molecule has 0 saturated heterocycles. The van der Waals surface area contributed by atoms with Crippen LogP contribution in [0.15, 0.2) is 66.7 Å². The summed E-state index contributed by atoms with van der Waals surface area (Å²) in [6, 6.07) is 19.6. The fourth-order valence-corrected chi connectivity index (χ4v) is 5.09. The van der Waals surface area contributed by atoms with Gasteiger partial charge in [0.05, 0.1) is 0 Å². The molecule has 1 unspecified atom stereocenters. The number of carbonyl (C=O) groups is 3. The van der Waals surface area contributed by atoms with E-state index >= 15 is 0 Å². The molecule has 2 atom stereocenters. The third kappa shape index (κ3) is 5.06. The van der Waals surface area contributed by atoms with Gasteiger partial charge in [-0.1, -0.05) is 54.6 Å². The van der Waals surface area contributed by atoms with Crippen molar-refractivity contribution in [2.24, 2.45) is 11.7 Å². The van der Waals surface area contributed by atoms with Crippen molar-refractivity contribution in [2.45, 2.75) is 24.8 Å². The fraction of sp³-hybridized carbons (Fsp3) is 0.250. The molecule has 5 rings (SSSR count). The maximum absolute atomic E-state index is 12.8. The van der Waals surface area contributed by atoms with Crippen LogP contribution in [0, 0.1) is 5.92 Å². The first-order valence-electron chi connectivity index (χ1n) is 11.9. The Bertz CT molecular complexity index is 1310. The number of amides is 2. The number of alkyl carbamates (subject to hydrolysis) is 1. The number of aliphatic carboxylic acids is 1. The van der Waals surface area contributed by atoms with Gasteiger partial charge in [-0.2, -0.15) is 0 Å². The van der Waals surface area contributed by atoms with E-state index in [2.05, 4.69) is 5.32 Å². The van der Waals surface area contributed by atoms with E-state index in [1.165, 1.54) is 0 Å². The highest BCUT2D eigenvalue weighted by Crippen LogP contribution is 2.44. The maximum atomic E-state index is 12.8. The summed E-state index contributed by atoms with van der Waals surface area (Å²) in [5.41, 5.74) is 10.4. The molecular formula is C28H26N2O7. The van der Waals surface area contributed by atoms with Gasteiger partial charge in [0.2, 0.25) is 12.7 Å². The molecule has 0 bridgehead atoms. The molecule has 0 fully saturated rings. The molecule has 0 aromatic heterocycles. The summed E-state index contributed by atoms with van der Waals surface area (Å²) in [4.78, 5) is 36.7. The highest BCUT2D eigenvalue weighted by atomic mass is 16.7. The minimum absolute atomic E-state index is 0.0366. The zero-order valence-corrected chi connectivity index (χ0v) is 19.9. The highest BCUT2D eigenvalue weighted by molar-refractivity contribution is 5.82. The van der Waals surface area contributed by atoms with Gasteiger partial charge in [-0.15, -0.1) is 0 Å². The number of rotatable bonds is 9. The normalized spacial score (nSPS) is 14.8. The molecule has 0 saturated carbocycles. The van der Waals surface area contributed by atoms with Gasteiger partial charge in [0, 0.05) is 18.3 Å². The molecule has 1 aliphatic carbocycles. The second-order valence-corrected chi connectivity index (χ2v) is 9.11. The standard InChI is InChI=1S/C28H26N2O7/c29-25(31)13-17(11-16-9-10-23-24(12-16)37-15-36-23)26(27(32)33)30-28(34)35-14-22-20-7-3-1-5-18(20)19-6-2-4-8-21(19)22/h1-10,12,17,22,26H,11,13-15H2,(H2,29,31)(H,30,34)(H,32,33)/t17?,26-/m0/s1. The molecule has 1 heterocycles. The van der Waals surface area contributed by atoms with E-state index in [1.807, 2.05) is 48.5 Å². The Labute approximate surface area is 213 Å². The minimum atomic E-state index is -1.39. The highest BCUT2D eigenvalue weighted by Gasteiger charge is 2.33. The van der Waals surface area contributed by atoms with Crippen molar-refractivity contribution in [1.29, 1.82) is 0 Å². The van der Waals surface area contributed by atoms with Crippen molar-refractivity contribution >= 4 is 18.0 Å². The van der Waals surface area contributed by atoms with E-state index < -0.39 is 29.9 Å². The van der Waals surface area contributed by atoms with Crippen molar-refractivity contribution in [1.82, 2.24) is 5.32 Å². The summed E-state index contributed by atoms with van der Waals surface area (Å²) in [6.07, 6.45) is -0.954. The Balaban J connectivity index is 1.29. The first-order chi connectivity index (χ1) is 17.9. The second kappa shape index (κ2) is 10.2. The predicted molar refractivity (Wildman–Crippen MR) is 133 cm³/mol. The summed E-state index contributed by atoms with van der Waals surface area (Å²) in [6.45, 7) is 0.138. The van der Waals surface area contributed by atoms with E-state index in [9.17, 15) is 19.5 Å². The smallest absolute Gasteiger partial charge is 0.407 e. The molecule has 37 heavy (non-hydrogen) atoms. The molecule has 9 nitrogen and oxygen atoms in total. The first-order valence-corrected chi connectivity index (χ1v) is 11.9. The van der Waals surface area contributed by atoms with Gasteiger partial charge in [0.25, 0.3) is 0 Å². The summed E-state index contributed by atoms with van der Waals surface area (Å²) < 4.78 is 16.2. The van der Waals surface area contributed by atoms with Crippen LogP contribution in [0.3, 0.4) is 0 Å². The molecule has 0 radical (unpaired) electrons. The van der Waals surface area contributed by atoms with Gasteiger partial charge in [0.15, 0.2) is 11.5 Å². The number of carbonyl (C=O) groups excluding carboxylic acids is 2. The minimum Gasteiger partial charge on any atom is -0.480 e. The van der Waals surface area contributed by atoms with E-state index in [0.29, 0.717) is 11.5 Å². The molecule has 0 spiro atoms. The second-order valence-electron chi connectivity index (χ2n) is 9.11. The van der Waals surface area contributed by atoms with E-state index in [0.717, 1.165) is 27.8 Å². The lowest BCUT2D eigenvalue weighted by Gasteiger charge is -2.24. The number of nitrogens with one attached hydrogen (secondary N) is 1. The lowest BCUT2D eigenvalue weighted by molar-refractivity contribution is -0.141. The number of nitrogens with two attached hydrogens (primary N) is 1. The predicted octanol–water partition coefficient (Wildman–Crippen LogP) is 3.44. The van der Waals surface area contributed by atoms with Gasteiger partial charge in [-0.05, 0) is 46.4 Å². The summed E-state index contributed by atoms with van der Waals surface area (Å²) in [7, 11) is 0. The van der Waals surface area contributed by atoms with Crippen LogP contribution in [-0.2, 0) is 20.7 Å². The van der Waals surface area contributed by atoms with Crippen molar-refractivity contribution in [3.63, 3.8) is 0 Å². The van der Waals surface area contributed by atoms with E-state index in [-0.39, 0.29) is 32.2 Å². The van der Waals surface area contributed by atoms with Gasteiger partial charge < -0.3 is 30.4 Å². The van der Waals surface area contributed by atoms with Crippen LogP contribution in [0.4, 0.5) is 4.79 Å². The van der Waals surface area contributed by atoms with Crippen LogP contribution in [-0.4, -0.2) is 42.5 Å². The zero-order chi connectivity index (χ0) is 25.9. The molecule has 9 heteroatoms. The number of ether oxygens (including phenoxy) is 3. The first kappa shape index (κ1) is 24.2. The van der Waals surface area contributed by atoms with E-state index in [4.69, 9.17) is 19.9 Å². The molecule has 1 aliphatic heterocycles. The monoisotopic (exact) mass is 502 g/mol. The molecular weight excluding hydrogens is 476 g/mol. The third-order valence-corrected chi connectivity index (χ3v) is 6.75. The van der Waals surface area contributed by atoms with Crippen LogP contribution in [0.1, 0.15) is 29.0 Å². The van der Waals surface area contributed by atoms with Crippen molar-refractivity contribution in [2.75, 3.05) is 13.4 Å². The zero-order valence-electron chi connectivity index (χ0n) is 19.9. The Morgan fingerprint density at radius 1 is 0.973 bits per heavy atom. The van der Waals surface area contributed by atoms with Gasteiger partial charge >= 0.3 is 12.1 Å². The fourth-order valence-electron chi connectivity index (χ4n) is 5.09. The number of carboxylic acids is 1. The largest absolute Gasteiger partial charge is 0.480 e. The summed E-state index contributed by atoms with van der Waals surface area (Å²) in [5.74, 6) is -1.83. The van der Waals surface area contributed by atoms with Gasteiger partial charge in [-0.3, -0.25) is 4.79 Å². The van der Waals surface area contributed by atoms with Crippen LogP contribution < -0.4 is 20.5 Å². The lowest BCUT2D eigenvalue weighted by atomic mass is 9.88. The third-order valence-electron chi connectivity index (χ3n) is 6.75. The quantitative estimate of drug-likeness (QED) is 0.408. The number of fused-ring (bicyclic) bond motifs is 4. The van der Waals surface area contributed by atoms with Crippen LogP contribution in [0.2, 0.25) is 0 Å². The molecule has 3 aromatic carbocycles. The van der Waals surface area contributed by atoms with Gasteiger partial charge in [0.1, 0.15) is 12.6 Å². The van der Waals surface area contributed by atoms with Gasteiger partial charge in [-0.25, -0.2) is 9.59 Å². The Morgan fingerprint density at radius 2 is 1.62 bits per heavy atom. The number of hydrogen-bond donors (Lipinski definition) is 3. The SMILES string of the molecule is NC(=O)CC(Cc1ccc2c(c1)OCO2)[C@H](NC(=O)OCC1c2ccccc2-c2ccccc21)C(=O)O. The molecule has 3 aromatic rings. The topological polar surface area (TPSA) is 137 Å². The molecule has 2 amide bonds. The average molecular weight is 503 g/mol. The lowest BCUT2D eigenvalue weighted by Crippen LogP contribution is -2.48. The Kier molecular flexibility index (Phi) is 6.68. The number of carboxylic acid groups (broad SMARTS) is 1. The summed E-state index contributed by atoms with van der Waals surface area (Å²) >= 11 is 0. The molecule has 2 aliphatic rings. The maximum Gasteiger partial charge on any atom is 0.407 e. The van der Waals surface area contributed by atoms with Crippen molar-refractivity contribution in [3.8, 4) is 22.6 Å². The Morgan fingerprint density at radius 3 is 2.27 bits per heavy atom. The van der Waals surface area contributed by atoms with Crippen LogP contribution in [0.5, 0.6) is 11.5 Å². The number of hydrogen-bond acceptors (Lipinski definition) is 6.